The van der Waals surface area contributed by atoms with Crippen LogP contribution in [-0.4, -0.2) is 41.6 Å². The zero-order valence-electron chi connectivity index (χ0n) is 8.34. The lowest BCUT2D eigenvalue weighted by molar-refractivity contribution is -0.173. The van der Waals surface area contributed by atoms with Crippen LogP contribution < -0.4 is 0 Å². The van der Waals surface area contributed by atoms with Gasteiger partial charge >= 0.3 is 6.18 Å². The minimum atomic E-state index is -4.97. The first-order valence-corrected chi connectivity index (χ1v) is 4.70. The van der Waals surface area contributed by atoms with E-state index in [1.807, 2.05) is 0 Å². The Morgan fingerprint density at radius 3 is 2.12 bits per heavy atom. The fraction of sp³-hybridized carbons (Fsp3) is 0.667. The number of nitrogens with zero attached hydrogens (tertiary/aromatic N) is 1. The molecule has 16 heavy (non-hydrogen) atoms. The van der Waals surface area contributed by atoms with Crippen LogP contribution in [0.4, 0.5) is 13.2 Å². The van der Waals surface area contributed by atoms with Crippen molar-refractivity contribution in [2.24, 2.45) is 0 Å². The number of carbonyl (C=O) groups excluding carboxylic acids is 3. The van der Waals surface area contributed by atoms with Crippen LogP contribution in [0.2, 0.25) is 0 Å². The number of rotatable bonds is 2. The molecule has 90 valence electrons. The van der Waals surface area contributed by atoms with Crippen LogP contribution in [-0.2, 0) is 14.4 Å². The van der Waals surface area contributed by atoms with Crippen LogP contribution in [0, 0.1) is 0 Å². The number of hydrogen-bond donors (Lipinski definition) is 0. The zero-order valence-corrected chi connectivity index (χ0v) is 8.34. The Labute approximate surface area is 89.4 Å². The molecule has 1 saturated heterocycles. The standard InChI is InChI=1S/C9H10F3NO3/c10-9(11,12)7(15)5-8(16)13-3-1-6(14)2-4-13/h1-5H2. The van der Waals surface area contributed by atoms with Crippen molar-refractivity contribution in [1.29, 1.82) is 0 Å². The average Bonchev–Trinajstić information content (AvgIpc) is 2.17. The number of carbonyl (C=O) groups is 3. The molecule has 0 unspecified atom stereocenters. The molecule has 1 amide bonds. The number of amides is 1. The van der Waals surface area contributed by atoms with Gasteiger partial charge in [0.1, 0.15) is 5.78 Å². The maximum atomic E-state index is 11.9. The fourth-order valence-electron chi connectivity index (χ4n) is 1.35. The highest BCUT2D eigenvalue weighted by Crippen LogP contribution is 2.19. The van der Waals surface area contributed by atoms with Crippen molar-refractivity contribution < 1.29 is 27.6 Å². The van der Waals surface area contributed by atoms with Crippen LogP contribution in [0.15, 0.2) is 0 Å². The van der Waals surface area contributed by atoms with Gasteiger partial charge in [0.05, 0.1) is 6.42 Å². The molecule has 0 aromatic rings. The maximum Gasteiger partial charge on any atom is 0.450 e. The van der Waals surface area contributed by atoms with Gasteiger partial charge in [0.15, 0.2) is 0 Å². The van der Waals surface area contributed by atoms with Gasteiger partial charge < -0.3 is 4.90 Å². The molecule has 0 saturated carbocycles. The number of ketones is 2. The molecule has 0 aliphatic carbocycles. The van der Waals surface area contributed by atoms with Crippen molar-refractivity contribution in [2.75, 3.05) is 13.1 Å². The highest BCUT2D eigenvalue weighted by Gasteiger charge is 2.40. The van der Waals surface area contributed by atoms with E-state index < -0.39 is 24.3 Å². The Kier molecular flexibility index (Phi) is 3.66. The molecule has 0 aromatic heterocycles. The van der Waals surface area contributed by atoms with E-state index >= 15 is 0 Å². The third kappa shape index (κ3) is 3.32. The molecule has 0 radical (unpaired) electrons. The largest absolute Gasteiger partial charge is 0.450 e. The SMILES string of the molecule is O=C1CCN(C(=O)CC(=O)C(F)(F)F)CC1. The quantitative estimate of drug-likeness (QED) is 0.664. The smallest absolute Gasteiger partial charge is 0.341 e. The summed E-state index contributed by atoms with van der Waals surface area (Å²) in [5.74, 6) is -2.93. The van der Waals surface area contributed by atoms with Gasteiger partial charge in [-0.3, -0.25) is 14.4 Å². The lowest BCUT2D eigenvalue weighted by Crippen LogP contribution is -2.40. The van der Waals surface area contributed by atoms with Crippen LogP contribution in [0.3, 0.4) is 0 Å². The number of halogens is 3. The molecule has 0 N–H and O–H groups in total. The van der Waals surface area contributed by atoms with Crippen molar-refractivity contribution in [1.82, 2.24) is 4.90 Å². The summed E-state index contributed by atoms with van der Waals surface area (Å²) in [7, 11) is 0. The molecular formula is C9H10F3NO3. The van der Waals surface area contributed by atoms with Crippen molar-refractivity contribution in [3.8, 4) is 0 Å². The van der Waals surface area contributed by atoms with E-state index in [2.05, 4.69) is 0 Å². The molecule has 1 aliphatic rings. The van der Waals surface area contributed by atoms with Gasteiger partial charge in [-0.1, -0.05) is 0 Å². The van der Waals surface area contributed by atoms with Crippen molar-refractivity contribution >= 4 is 17.5 Å². The summed E-state index contributed by atoms with van der Waals surface area (Å²) in [4.78, 5) is 33.7. The zero-order chi connectivity index (χ0) is 12.3. The fourth-order valence-corrected chi connectivity index (χ4v) is 1.35. The first kappa shape index (κ1) is 12.7. The van der Waals surface area contributed by atoms with E-state index in [0.29, 0.717) is 0 Å². The summed E-state index contributed by atoms with van der Waals surface area (Å²) in [6, 6.07) is 0. The molecule has 0 bridgehead atoms. The van der Waals surface area contributed by atoms with Crippen molar-refractivity contribution in [3.63, 3.8) is 0 Å². The predicted molar refractivity (Wildman–Crippen MR) is 46.5 cm³/mol. The van der Waals surface area contributed by atoms with Crippen LogP contribution in [0.1, 0.15) is 19.3 Å². The minimum absolute atomic E-state index is 0.0220. The summed E-state index contributed by atoms with van der Waals surface area (Å²) in [5, 5.41) is 0. The number of likely N-dealkylation sites (tertiary alicyclic amines) is 1. The van der Waals surface area contributed by atoms with Crippen molar-refractivity contribution in [3.05, 3.63) is 0 Å². The topological polar surface area (TPSA) is 54.5 Å². The Balaban J connectivity index is 2.47. The highest BCUT2D eigenvalue weighted by atomic mass is 19.4. The molecular weight excluding hydrogens is 227 g/mol. The van der Waals surface area contributed by atoms with Gasteiger partial charge in [0.2, 0.25) is 11.7 Å². The van der Waals surface area contributed by atoms with Gasteiger partial charge in [-0.25, -0.2) is 0 Å². The van der Waals surface area contributed by atoms with E-state index in [1.54, 1.807) is 0 Å². The molecule has 0 atom stereocenters. The maximum absolute atomic E-state index is 11.9. The van der Waals surface area contributed by atoms with Gasteiger partial charge in [-0.2, -0.15) is 13.2 Å². The Bertz CT molecular complexity index is 314. The first-order valence-electron chi connectivity index (χ1n) is 4.70. The second-order valence-electron chi connectivity index (χ2n) is 3.52. The molecule has 1 rings (SSSR count). The van der Waals surface area contributed by atoms with Crippen LogP contribution in [0.25, 0.3) is 0 Å². The number of Topliss-reactive ketones (excluding diaryl/α,β-unsaturated/α-hetero) is 2. The summed E-state index contributed by atoms with van der Waals surface area (Å²) in [5.41, 5.74) is 0. The Hall–Kier alpha value is -1.40. The lowest BCUT2D eigenvalue weighted by Gasteiger charge is -2.25. The van der Waals surface area contributed by atoms with E-state index in [0.717, 1.165) is 4.90 Å². The van der Waals surface area contributed by atoms with Gasteiger partial charge in [0, 0.05) is 25.9 Å². The summed E-state index contributed by atoms with van der Waals surface area (Å²) < 4.78 is 35.6. The van der Waals surface area contributed by atoms with Gasteiger partial charge in [-0.15, -0.1) is 0 Å². The second-order valence-corrected chi connectivity index (χ2v) is 3.52. The highest BCUT2D eigenvalue weighted by molar-refractivity contribution is 6.01. The molecule has 4 nitrogen and oxygen atoms in total. The Morgan fingerprint density at radius 1 is 1.19 bits per heavy atom. The monoisotopic (exact) mass is 237 g/mol. The number of alkyl halides is 3. The third-order valence-corrected chi connectivity index (χ3v) is 2.30. The van der Waals surface area contributed by atoms with Crippen LogP contribution >= 0.6 is 0 Å². The predicted octanol–water partition coefficient (Wildman–Crippen LogP) is 0.699. The molecule has 0 spiro atoms. The van der Waals surface area contributed by atoms with E-state index in [-0.39, 0.29) is 31.7 Å². The molecule has 7 heteroatoms. The van der Waals surface area contributed by atoms with E-state index in [4.69, 9.17) is 0 Å². The normalized spacial score (nSPS) is 17.4. The molecule has 1 fully saturated rings. The molecule has 0 aromatic carbocycles. The minimum Gasteiger partial charge on any atom is -0.341 e. The van der Waals surface area contributed by atoms with Crippen molar-refractivity contribution in [2.45, 2.75) is 25.4 Å². The van der Waals surface area contributed by atoms with Gasteiger partial charge in [0.25, 0.3) is 0 Å². The van der Waals surface area contributed by atoms with Gasteiger partial charge in [-0.05, 0) is 0 Å². The lowest BCUT2D eigenvalue weighted by atomic mass is 10.1. The summed E-state index contributed by atoms with van der Waals surface area (Å²) in [6.45, 7) is 0.200. The summed E-state index contributed by atoms with van der Waals surface area (Å²) in [6.07, 6.45) is -5.85. The molecule has 1 aliphatic heterocycles. The van der Waals surface area contributed by atoms with E-state index in [1.165, 1.54) is 0 Å². The molecule has 1 heterocycles. The number of piperidine rings is 1. The first-order chi connectivity index (χ1) is 7.30. The summed E-state index contributed by atoms with van der Waals surface area (Å²) >= 11 is 0. The van der Waals surface area contributed by atoms with E-state index in [9.17, 15) is 27.6 Å². The third-order valence-electron chi connectivity index (χ3n) is 2.30. The second kappa shape index (κ2) is 4.63. The average molecular weight is 237 g/mol. The number of hydrogen-bond acceptors (Lipinski definition) is 3. The Morgan fingerprint density at radius 2 is 1.69 bits per heavy atom. The van der Waals surface area contributed by atoms with Crippen LogP contribution in [0.5, 0.6) is 0 Å².